The molecule has 3 rings (SSSR count). The normalized spacial score (nSPS) is 20.8. The number of carbonyl (C=O) groups excluding carboxylic acids is 4. The molecule has 8 heteroatoms. The number of esters is 1. The first kappa shape index (κ1) is 20.1. The van der Waals surface area contributed by atoms with Crippen molar-refractivity contribution in [3.8, 4) is 0 Å². The Bertz CT molecular complexity index is 797. The maximum Gasteiger partial charge on any atom is 0.326 e. The predicted octanol–water partition coefficient (Wildman–Crippen LogP) is 1.49. The lowest BCUT2D eigenvalue weighted by Crippen LogP contribution is -2.38. The van der Waals surface area contributed by atoms with Gasteiger partial charge in [-0.2, -0.15) is 0 Å². The van der Waals surface area contributed by atoms with E-state index in [1.807, 2.05) is 30.4 Å². The van der Waals surface area contributed by atoms with E-state index in [4.69, 9.17) is 16.3 Å². The lowest BCUT2D eigenvalue weighted by atomic mass is 9.85. The van der Waals surface area contributed by atoms with Crippen LogP contribution >= 0.6 is 11.6 Å². The smallest absolute Gasteiger partial charge is 0.326 e. The summed E-state index contributed by atoms with van der Waals surface area (Å²) < 4.78 is 4.90. The number of likely N-dealkylation sites (tertiary alicyclic amines) is 1. The van der Waals surface area contributed by atoms with Crippen molar-refractivity contribution in [3.05, 3.63) is 47.0 Å². The molecule has 1 saturated heterocycles. The zero-order chi connectivity index (χ0) is 20.1. The number of halogens is 1. The molecule has 0 unspecified atom stereocenters. The Morgan fingerprint density at radius 2 is 1.82 bits per heavy atom. The minimum Gasteiger partial charge on any atom is -0.454 e. The monoisotopic (exact) mass is 404 g/mol. The number of benzene rings is 1. The van der Waals surface area contributed by atoms with Crippen molar-refractivity contribution in [2.24, 2.45) is 11.8 Å². The van der Waals surface area contributed by atoms with Crippen LogP contribution in [0.3, 0.4) is 0 Å². The Kier molecular flexibility index (Phi) is 6.46. The summed E-state index contributed by atoms with van der Waals surface area (Å²) in [7, 11) is 0. The van der Waals surface area contributed by atoms with Gasteiger partial charge in [-0.15, -0.1) is 0 Å². The summed E-state index contributed by atoms with van der Waals surface area (Å²) >= 11 is 5.90. The van der Waals surface area contributed by atoms with Crippen LogP contribution in [0, 0.1) is 11.8 Å². The van der Waals surface area contributed by atoms with Crippen LogP contribution in [0.5, 0.6) is 0 Å². The summed E-state index contributed by atoms with van der Waals surface area (Å²) in [6, 6.07) is 7.30. The third-order valence-electron chi connectivity index (χ3n) is 4.88. The number of amides is 3. The van der Waals surface area contributed by atoms with Gasteiger partial charge in [-0.1, -0.05) is 35.9 Å². The minimum absolute atomic E-state index is 0.345. The number of imide groups is 1. The summed E-state index contributed by atoms with van der Waals surface area (Å²) in [6.45, 7) is -0.546. The van der Waals surface area contributed by atoms with Gasteiger partial charge in [0.1, 0.15) is 6.54 Å². The van der Waals surface area contributed by atoms with Gasteiger partial charge in [0.2, 0.25) is 11.8 Å². The van der Waals surface area contributed by atoms with Crippen molar-refractivity contribution >= 4 is 35.3 Å². The van der Waals surface area contributed by atoms with E-state index in [2.05, 4.69) is 5.32 Å². The number of carbonyl (C=O) groups is 4. The van der Waals surface area contributed by atoms with Gasteiger partial charge in [0.25, 0.3) is 5.91 Å². The maximum absolute atomic E-state index is 12.3. The molecule has 7 nitrogen and oxygen atoms in total. The van der Waals surface area contributed by atoms with E-state index in [-0.39, 0.29) is 23.7 Å². The van der Waals surface area contributed by atoms with Crippen LogP contribution in [0.1, 0.15) is 18.4 Å². The average molecular weight is 405 g/mol. The molecule has 0 aromatic heterocycles. The zero-order valence-electron chi connectivity index (χ0n) is 15.2. The van der Waals surface area contributed by atoms with Crippen LogP contribution < -0.4 is 5.32 Å². The number of fused-ring (bicyclic) bond motifs is 1. The van der Waals surface area contributed by atoms with E-state index < -0.39 is 25.0 Å². The molecule has 0 saturated carbocycles. The van der Waals surface area contributed by atoms with Crippen molar-refractivity contribution < 1.29 is 23.9 Å². The molecular weight excluding hydrogens is 384 g/mol. The standard InChI is InChI=1S/C20H21ClN2O5/c21-14-5-3-4-13(10-14)8-9-22-17(24)12-28-18(25)11-23-19(26)15-6-1-2-7-16(15)20(23)27/h1-5,10,15-16H,6-9,11-12H2,(H,22,24)/t15-,16-/m1/s1. The number of nitrogens with zero attached hydrogens (tertiary/aromatic N) is 1. The Morgan fingerprint density at radius 3 is 2.46 bits per heavy atom. The van der Waals surface area contributed by atoms with E-state index in [0.29, 0.717) is 30.8 Å². The number of allylic oxidation sites excluding steroid dienone is 2. The second-order valence-electron chi connectivity index (χ2n) is 6.81. The van der Waals surface area contributed by atoms with Crippen LogP contribution in [0.25, 0.3) is 0 Å². The summed E-state index contributed by atoms with van der Waals surface area (Å²) in [5.74, 6) is -2.70. The first-order valence-electron chi connectivity index (χ1n) is 9.12. The Morgan fingerprint density at radius 1 is 1.14 bits per heavy atom. The quantitative estimate of drug-likeness (QED) is 0.422. The highest BCUT2D eigenvalue weighted by molar-refractivity contribution is 6.30. The van der Waals surface area contributed by atoms with Crippen molar-refractivity contribution in [2.75, 3.05) is 19.7 Å². The predicted molar refractivity (Wildman–Crippen MR) is 101 cm³/mol. The van der Waals surface area contributed by atoms with Gasteiger partial charge in [0.05, 0.1) is 11.8 Å². The van der Waals surface area contributed by atoms with Gasteiger partial charge >= 0.3 is 5.97 Å². The largest absolute Gasteiger partial charge is 0.454 e. The van der Waals surface area contributed by atoms with Crippen molar-refractivity contribution in [3.63, 3.8) is 0 Å². The average Bonchev–Trinajstić information content (AvgIpc) is 2.92. The second kappa shape index (κ2) is 9.01. The number of rotatable bonds is 7. The lowest BCUT2D eigenvalue weighted by Gasteiger charge is -2.14. The number of ether oxygens (including phenoxy) is 1. The fourth-order valence-electron chi connectivity index (χ4n) is 3.44. The van der Waals surface area contributed by atoms with E-state index >= 15 is 0 Å². The fraction of sp³-hybridized carbons (Fsp3) is 0.400. The molecular formula is C20H21ClN2O5. The molecule has 28 heavy (non-hydrogen) atoms. The highest BCUT2D eigenvalue weighted by Crippen LogP contribution is 2.34. The molecule has 0 spiro atoms. The molecule has 1 aliphatic heterocycles. The van der Waals surface area contributed by atoms with Crippen molar-refractivity contribution in [1.29, 1.82) is 0 Å². The SMILES string of the molecule is O=C(COC(=O)CN1C(=O)[C@@H]2CC=CC[C@H]2C1=O)NCCc1cccc(Cl)c1. The van der Waals surface area contributed by atoms with Crippen LogP contribution in [-0.2, 0) is 30.3 Å². The third-order valence-corrected chi connectivity index (χ3v) is 5.11. The number of hydrogen-bond acceptors (Lipinski definition) is 5. The Labute approximate surface area is 167 Å². The van der Waals surface area contributed by atoms with Gasteiger partial charge in [0.15, 0.2) is 6.61 Å². The molecule has 1 aromatic rings. The molecule has 1 fully saturated rings. The van der Waals surface area contributed by atoms with Gasteiger partial charge < -0.3 is 10.1 Å². The molecule has 2 aliphatic rings. The number of hydrogen-bond donors (Lipinski definition) is 1. The summed E-state index contributed by atoms with van der Waals surface area (Å²) in [6.07, 6.45) is 5.36. The van der Waals surface area contributed by atoms with Crippen molar-refractivity contribution in [1.82, 2.24) is 10.2 Å². The van der Waals surface area contributed by atoms with E-state index in [0.717, 1.165) is 10.5 Å². The molecule has 1 aliphatic carbocycles. The Hall–Kier alpha value is -2.67. The molecule has 0 bridgehead atoms. The first-order valence-corrected chi connectivity index (χ1v) is 9.50. The second-order valence-corrected chi connectivity index (χ2v) is 7.25. The topological polar surface area (TPSA) is 92.8 Å². The van der Waals surface area contributed by atoms with Gasteiger partial charge in [-0.05, 0) is 37.0 Å². The molecule has 1 N–H and O–H groups in total. The summed E-state index contributed by atoms with van der Waals surface area (Å²) in [4.78, 5) is 49.3. The fourth-order valence-corrected chi connectivity index (χ4v) is 3.65. The zero-order valence-corrected chi connectivity index (χ0v) is 16.0. The maximum atomic E-state index is 12.3. The van der Waals surface area contributed by atoms with Gasteiger partial charge in [-0.3, -0.25) is 24.1 Å². The molecule has 148 valence electrons. The van der Waals surface area contributed by atoms with Crippen LogP contribution in [-0.4, -0.2) is 48.3 Å². The van der Waals surface area contributed by atoms with Gasteiger partial charge in [-0.25, -0.2) is 0 Å². The highest BCUT2D eigenvalue weighted by Gasteiger charge is 2.47. The van der Waals surface area contributed by atoms with E-state index in [1.165, 1.54) is 0 Å². The van der Waals surface area contributed by atoms with E-state index in [9.17, 15) is 19.2 Å². The minimum atomic E-state index is -0.779. The third kappa shape index (κ3) is 4.78. The van der Waals surface area contributed by atoms with Gasteiger partial charge in [0, 0.05) is 11.6 Å². The molecule has 2 atom stereocenters. The first-order chi connectivity index (χ1) is 13.5. The van der Waals surface area contributed by atoms with Crippen LogP contribution in [0.15, 0.2) is 36.4 Å². The summed E-state index contributed by atoms with van der Waals surface area (Å²) in [5, 5.41) is 3.27. The van der Waals surface area contributed by atoms with Crippen LogP contribution in [0.2, 0.25) is 5.02 Å². The highest BCUT2D eigenvalue weighted by atomic mass is 35.5. The molecule has 0 radical (unpaired) electrons. The summed E-state index contributed by atoms with van der Waals surface area (Å²) in [5.41, 5.74) is 0.979. The van der Waals surface area contributed by atoms with Crippen LogP contribution in [0.4, 0.5) is 0 Å². The molecule has 3 amide bonds. The molecule has 1 heterocycles. The molecule has 1 aromatic carbocycles. The Balaban J connectivity index is 1.39. The number of nitrogens with one attached hydrogen (secondary N) is 1. The van der Waals surface area contributed by atoms with Crippen molar-refractivity contribution in [2.45, 2.75) is 19.3 Å². The van der Waals surface area contributed by atoms with E-state index in [1.54, 1.807) is 6.07 Å². The lowest BCUT2D eigenvalue weighted by molar-refractivity contribution is -0.154.